The highest BCUT2D eigenvalue weighted by atomic mass is 32.2. The summed E-state index contributed by atoms with van der Waals surface area (Å²) >= 11 is 0. The van der Waals surface area contributed by atoms with Gasteiger partial charge in [0.15, 0.2) is 0 Å². The molecular formula is C25H20FNO6S. The van der Waals surface area contributed by atoms with Crippen molar-refractivity contribution in [1.82, 2.24) is 0 Å². The molecule has 0 N–H and O–H groups in total. The number of halogens is 1. The van der Waals surface area contributed by atoms with Crippen LogP contribution in [-0.2, 0) is 14.8 Å². The van der Waals surface area contributed by atoms with Crippen molar-refractivity contribution < 1.29 is 31.6 Å². The van der Waals surface area contributed by atoms with Gasteiger partial charge in [-0.05, 0) is 68.4 Å². The maximum absolute atomic E-state index is 13.6. The average Bonchev–Trinajstić information content (AvgIpc) is 3.15. The van der Waals surface area contributed by atoms with Crippen LogP contribution in [0.15, 0.2) is 82.1 Å². The maximum Gasteiger partial charge on any atom is 0.342 e. The molecule has 0 saturated carbocycles. The van der Waals surface area contributed by atoms with E-state index in [1.54, 1.807) is 32.0 Å². The molecule has 0 spiro atoms. The largest absolute Gasteiger partial charge is 0.462 e. The summed E-state index contributed by atoms with van der Waals surface area (Å²) in [6.45, 7) is 3.40. The molecule has 4 rings (SSSR count). The monoisotopic (exact) mass is 481 g/mol. The Morgan fingerprint density at radius 2 is 1.68 bits per heavy atom. The molecule has 0 saturated heterocycles. The number of ether oxygens (including phenoxy) is 1. The second-order valence-electron chi connectivity index (χ2n) is 7.33. The number of carbonyl (C=O) groups excluding carboxylic acids is 2. The number of anilines is 1. The Kier molecular flexibility index (Phi) is 6.21. The minimum Gasteiger partial charge on any atom is -0.462 e. The predicted molar refractivity (Wildman–Crippen MR) is 124 cm³/mol. The van der Waals surface area contributed by atoms with Crippen LogP contribution in [0.3, 0.4) is 0 Å². The van der Waals surface area contributed by atoms with Gasteiger partial charge in [0.25, 0.3) is 15.9 Å². The van der Waals surface area contributed by atoms with Gasteiger partial charge >= 0.3 is 5.97 Å². The van der Waals surface area contributed by atoms with Crippen LogP contribution in [0.1, 0.15) is 33.4 Å². The standard InChI is InChI=1S/C25H20FNO6S/c1-3-32-25(29)23-16(2)33-22-14-11-19(15-21(22)23)27(24(28)17-7-5-4-6-8-17)34(30,31)20-12-9-18(26)10-13-20/h4-15H,3H2,1-2H3. The summed E-state index contributed by atoms with van der Waals surface area (Å²) in [6, 6.07) is 16.3. The number of hydrogen-bond acceptors (Lipinski definition) is 6. The van der Waals surface area contributed by atoms with Crippen LogP contribution in [-0.4, -0.2) is 26.9 Å². The van der Waals surface area contributed by atoms with Crippen LogP contribution in [0.5, 0.6) is 0 Å². The Bertz CT molecular complexity index is 1480. The van der Waals surface area contributed by atoms with Crippen molar-refractivity contribution in [2.45, 2.75) is 18.7 Å². The van der Waals surface area contributed by atoms with E-state index in [-0.39, 0.29) is 28.3 Å². The molecule has 34 heavy (non-hydrogen) atoms. The van der Waals surface area contributed by atoms with E-state index in [4.69, 9.17) is 9.15 Å². The zero-order valence-corrected chi connectivity index (χ0v) is 19.1. The third-order valence-electron chi connectivity index (χ3n) is 5.12. The molecule has 1 amide bonds. The Morgan fingerprint density at radius 3 is 2.32 bits per heavy atom. The third kappa shape index (κ3) is 4.17. The van der Waals surface area contributed by atoms with Gasteiger partial charge in [0.05, 0.1) is 17.2 Å². The first-order valence-corrected chi connectivity index (χ1v) is 11.8. The zero-order valence-electron chi connectivity index (χ0n) is 18.3. The molecule has 0 bridgehead atoms. The first-order chi connectivity index (χ1) is 16.2. The van der Waals surface area contributed by atoms with Crippen molar-refractivity contribution >= 4 is 38.6 Å². The zero-order chi connectivity index (χ0) is 24.5. The van der Waals surface area contributed by atoms with Gasteiger partial charge in [0.2, 0.25) is 0 Å². The molecule has 0 radical (unpaired) electrons. The number of nitrogens with zero attached hydrogens (tertiary/aromatic N) is 1. The molecule has 7 nitrogen and oxygen atoms in total. The molecule has 0 aliphatic carbocycles. The van der Waals surface area contributed by atoms with Gasteiger partial charge in [-0.25, -0.2) is 17.6 Å². The lowest BCUT2D eigenvalue weighted by Crippen LogP contribution is -2.37. The summed E-state index contributed by atoms with van der Waals surface area (Å²) < 4.78 is 52.0. The summed E-state index contributed by atoms with van der Waals surface area (Å²) in [4.78, 5) is 25.7. The normalized spacial score (nSPS) is 11.4. The van der Waals surface area contributed by atoms with Crippen molar-refractivity contribution in [3.05, 3.63) is 95.5 Å². The number of aryl methyl sites for hydroxylation is 1. The number of benzene rings is 3. The van der Waals surface area contributed by atoms with E-state index in [0.29, 0.717) is 21.0 Å². The molecule has 0 aliphatic heterocycles. The van der Waals surface area contributed by atoms with E-state index < -0.39 is 27.7 Å². The minimum absolute atomic E-state index is 0.0166. The third-order valence-corrected chi connectivity index (χ3v) is 6.84. The second-order valence-corrected chi connectivity index (χ2v) is 9.12. The lowest BCUT2D eigenvalue weighted by Gasteiger charge is -2.23. The molecule has 1 heterocycles. The van der Waals surface area contributed by atoms with E-state index in [1.165, 1.54) is 30.3 Å². The molecule has 0 unspecified atom stereocenters. The Hall–Kier alpha value is -3.98. The molecule has 0 atom stereocenters. The number of hydrogen-bond donors (Lipinski definition) is 0. The fourth-order valence-corrected chi connectivity index (χ4v) is 4.97. The van der Waals surface area contributed by atoms with Crippen molar-refractivity contribution in [2.24, 2.45) is 0 Å². The van der Waals surface area contributed by atoms with E-state index in [2.05, 4.69) is 0 Å². The van der Waals surface area contributed by atoms with Crippen molar-refractivity contribution in [1.29, 1.82) is 0 Å². The summed E-state index contributed by atoms with van der Waals surface area (Å²) in [7, 11) is -4.45. The number of carbonyl (C=O) groups is 2. The number of furan rings is 1. The predicted octanol–water partition coefficient (Wildman–Crippen LogP) is 5.09. The summed E-state index contributed by atoms with van der Waals surface area (Å²) in [6.07, 6.45) is 0. The summed E-state index contributed by atoms with van der Waals surface area (Å²) in [5.41, 5.74) is 0.583. The van der Waals surface area contributed by atoms with E-state index >= 15 is 0 Å². The number of amides is 1. The molecule has 0 fully saturated rings. The first kappa shape index (κ1) is 23.2. The lowest BCUT2D eigenvalue weighted by molar-refractivity contribution is 0.0526. The van der Waals surface area contributed by atoms with Crippen molar-refractivity contribution in [3.63, 3.8) is 0 Å². The fraction of sp³-hybridized carbons (Fsp3) is 0.120. The van der Waals surface area contributed by atoms with Crippen LogP contribution >= 0.6 is 0 Å². The highest BCUT2D eigenvalue weighted by Gasteiger charge is 2.33. The Morgan fingerprint density at radius 1 is 1.00 bits per heavy atom. The van der Waals surface area contributed by atoms with Crippen LogP contribution in [0.2, 0.25) is 0 Å². The number of esters is 1. The maximum atomic E-state index is 13.6. The quantitative estimate of drug-likeness (QED) is 0.356. The van der Waals surface area contributed by atoms with Crippen molar-refractivity contribution in [2.75, 3.05) is 10.9 Å². The first-order valence-electron chi connectivity index (χ1n) is 10.3. The van der Waals surface area contributed by atoms with Crippen LogP contribution < -0.4 is 4.31 Å². The summed E-state index contributed by atoms with van der Waals surface area (Å²) in [5.74, 6) is -1.76. The molecule has 9 heteroatoms. The average molecular weight is 482 g/mol. The molecular weight excluding hydrogens is 461 g/mol. The Balaban J connectivity index is 1.93. The van der Waals surface area contributed by atoms with E-state index in [0.717, 1.165) is 24.3 Å². The topological polar surface area (TPSA) is 93.9 Å². The van der Waals surface area contributed by atoms with Crippen LogP contribution in [0, 0.1) is 12.7 Å². The number of fused-ring (bicyclic) bond motifs is 1. The Labute approximate surface area is 195 Å². The second kappa shape index (κ2) is 9.11. The molecule has 0 aliphatic rings. The molecule has 1 aromatic heterocycles. The van der Waals surface area contributed by atoms with Gasteiger partial charge in [-0.3, -0.25) is 4.79 Å². The molecule has 174 valence electrons. The van der Waals surface area contributed by atoms with Gasteiger partial charge in [-0.15, -0.1) is 0 Å². The van der Waals surface area contributed by atoms with Gasteiger partial charge < -0.3 is 9.15 Å². The van der Waals surface area contributed by atoms with E-state index in [9.17, 15) is 22.4 Å². The highest BCUT2D eigenvalue weighted by Crippen LogP contribution is 2.33. The van der Waals surface area contributed by atoms with E-state index in [1.807, 2.05) is 0 Å². The van der Waals surface area contributed by atoms with Gasteiger partial charge in [0, 0.05) is 10.9 Å². The summed E-state index contributed by atoms with van der Waals surface area (Å²) in [5, 5.41) is 0.300. The molecule has 4 aromatic rings. The fourth-order valence-electron chi connectivity index (χ4n) is 3.57. The highest BCUT2D eigenvalue weighted by molar-refractivity contribution is 7.93. The number of rotatable bonds is 6. The van der Waals surface area contributed by atoms with Crippen LogP contribution in [0.4, 0.5) is 10.1 Å². The van der Waals surface area contributed by atoms with Gasteiger partial charge in [-0.2, -0.15) is 4.31 Å². The smallest absolute Gasteiger partial charge is 0.342 e. The van der Waals surface area contributed by atoms with Gasteiger partial charge in [-0.1, -0.05) is 18.2 Å². The lowest BCUT2D eigenvalue weighted by atomic mass is 10.1. The van der Waals surface area contributed by atoms with Crippen LogP contribution in [0.25, 0.3) is 11.0 Å². The number of sulfonamides is 1. The SMILES string of the molecule is CCOC(=O)c1c(C)oc2ccc(N(C(=O)c3ccccc3)S(=O)(=O)c3ccc(F)cc3)cc12. The molecule has 3 aromatic carbocycles. The van der Waals surface area contributed by atoms with Gasteiger partial charge in [0.1, 0.15) is 22.7 Å². The van der Waals surface area contributed by atoms with Crippen molar-refractivity contribution in [3.8, 4) is 0 Å². The minimum atomic E-state index is -4.45.